The summed E-state index contributed by atoms with van der Waals surface area (Å²) in [4.78, 5) is 10.4. The molecule has 3 nitrogen and oxygen atoms in total. The normalized spacial score (nSPS) is 16.3. The molecule has 0 aromatic heterocycles. The number of hydrogen-bond acceptors (Lipinski definition) is 2. The molecule has 0 saturated carbocycles. The van der Waals surface area contributed by atoms with Crippen LogP contribution in [0.1, 0.15) is 31.4 Å². The molecule has 0 aliphatic rings. The van der Waals surface area contributed by atoms with Crippen molar-refractivity contribution >= 4 is 18.4 Å². The summed E-state index contributed by atoms with van der Waals surface area (Å²) in [6, 6.07) is 23.4. The molecule has 2 unspecified atom stereocenters. The van der Waals surface area contributed by atoms with Crippen molar-refractivity contribution in [3.8, 4) is 0 Å². The summed E-state index contributed by atoms with van der Waals surface area (Å²) in [5, 5.41) is 2.24. The van der Waals surface area contributed by atoms with Crippen LogP contribution in [0.3, 0.4) is 0 Å². The SMILES string of the molecule is CCC(C)(OP(=O)(O)Cc1ccccc1)c1ccc2ccccc2c1. The summed E-state index contributed by atoms with van der Waals surface area (Å²) < 4.78 is 18.6. The van der Waals surface area contributed by atoms with Crippen molar-refractivity contribution in [3.05, 3.63) is 83.9 Å². The Morgan fingerprint density at radius 1 is 0.960 bits per heavy atom. The van der Waals surface area contributed by atoms with E-state index in [4.69, 9.17) is 4.52 Å². The topological polar surface area (TPSA) is 46.5 Å². The monoisotopic (exact) mass is 354 g/mol. The second-order valence-corrected chi connectivity index (χ2v) is 8.29. The third-order valence-corrected chi connectivity index (χ3v) is 6.06. The van der Waals surface area contributed by atoms with Crippen LogP contribution in [0.15, 0.2) is 72.8 Å². The Balaban J connectivity index is 1.89. The van der Waals surface area contributed by atoms with E-state index >= 15 is 0 Å². The van der Waals surface area contributed by atoms with Gasteiger partial charge in [-0.1, -0.05) is 73.7 Å². The molecule has 2 atom stereocenters. The van der Waals surface area contributed by atoms with E-state index in [-0.39, 0.29) is 6.16 Å². The minimum atomic E-state index is -3.78. The van der Waals surface area contributed by atoms with Gasteiger partial charge in [0, 0.05) is 0 Å². The molecule has 0 spiro atoms. The van der Waals surface area contributed by atoms with Gasteiger partial charge in [0.05, 0.1) is 11.8 Å². The summed E-state index contributed by atoms with van der Waals surface area (Å²) in [7, 11) is -3.78. The Hall–Kier alpha value is -1.93. The summed E-state index contributed by atoms with van der Waals surface area (Å²) >= 11 is 0. The fourth-order valence-corrected chi connectivity index (χ4v) is 4.60. The molecule has 0 saturated heterocycles. The molecule has 3 aromatic carbocycles. The predicted octanol–water partition coefficient (Wildman–Crippen LogP) is 5.87. The van der Waals surface area contributed by atoms with E-state index in [9.17, 15) is 9.46 Å². The van der Waals surface area contributed by atoms with Gasteiger partial charge in [0.2, 0.25) is 0 Å². The smallest absolute Gasteiger partial charge is 0.324 e. The molecule has 4 heteroatoms. The molecule has 1 N–H and O–H groups in total. The van der Waals surface area contributed by atoms with Gasteiger partial charge in [0.1, 0.15) is 0 Å². The van der Waals surface area contributed by atoms with Crippen LogP contribution in [0.5, 0.6) is 0 Å². The van der Waals surface area contributed by atoms with Gasteiger partial charge < -0.3 is 4.89 Å². The lowest BCUT2D eigenvalue weighted by Crippen LogP contribution is -2.24. The largest absolute Gasteiger partial charge is 0.333 e. The zero-order valence-corrected chi connectivity index (χ0v) is 15.4. The van der Waals surface area contributed by atoms with Crippen LogP contribution in [0, 0.1) is 0 Å². The van der Waals surface area contributed by atoms with E-state index in [0.717, 1.165) is 21.9 Å². The zero-order chi connectivity index (χ0) is 17.9. The van der Waals surface area contributed by atoms with E-state index in [2.05, 4.69) is 6.07 Å². The standard InChI is InChI=1S/C21H23O3P/c1-3-21(2,20-14-13-18-11-7-8-12-19(18)15-20)24-25(22,23)16-17-9-5-4-6-10-17/h4-15H,3,16H2,1-2H3,(H,22,23). The molecule has 3 aromatic rings. The molecule has 0 amide bonds. The maximum absolute atomic E-state index is 12.7. The molecule has 0 radical (unpaired) electrons. The fourth-order valence-electron chi connectivity index (χ4n) is 3.00. The molecular formula is C21H23O3P. The highest BCUT2D eigenvalue weighted by Crippen LogP contribution is 2.52. The van der Waals surface area contributed by atoms with E-state index in [1.54, 1.807) is 0 Å². The van der Waals surface area contributed by atoms with Gasteiger partial charge >= 0.3 is 7.60 Å². The van der Waals surface area contributed by atoms with Crippen molar-refractivity contribution in [1.82, 2.24) is 0 Å². The summed E-state index contributed by atoms with van der Waals surface area (Å²) in [5.74, 6) is 0. The number of fused-ring (bicyclic) bond motifs is 1. The Kier molecular flexibility index (Phi) is 5.10. The first-order chi connectivity index (χ1) is 11.9. The van der Waals surface area contributed by atoms with Crippen LogP contribution in [-0.4, -0.2) is 4.89 Å². The van der Waals surface area contributed by atoms with Gasteiger partial charge in [-0.05, 0) is 41.3 Å². The Morgan fingerprint density at radius 2 is 1.60 bits per heavy atom. The van der Waals surface area contributed by atoms with Crippen LogP contribution < -0.4 is 0 Å². The van der Waals surface area contributed by atoms with E-state index in [1.807, 2.05) is 80.6 Å². The maximum atomic E-state index is 12.7. The highest BCUT2D eigenvalue weighted by molar-refractivity contribution is 7.52. The van der Waals surface area contributed by atoms with Crippen molar-refractivity contribution in [2.24, 2.45) is 0 Å². The maximum Gasteiger partial charge on any atom is 0.333 e. The van der Waals surface area contributed by atoms with Gasteiger partial charge in [-0.2, -0.15) is 0 Å². The first kappa shape index (κ1) is 17.9. The quantitative estimate of drug-likeness (QED) is 0.563. The Labute approximate surface area is 148 Å². The van der Waals surface area contributed by atoms with Crippen LogP contribution in [-0.2, 0) is 20.9 Å². The summed E-state index contributed by atoms with van der Waals surface area (Å²) in [5.41, 5.74) is 0.893. The lowest BCUT2D eigenvalue weighted by Gasteiger charge is -2.31. The second-order valence-electron chi connectivity index (χ2n) is 6.52. The Bertz CT molecular complexity index is 907. The van der Waals surface area contributed by atoms with Gasteiger partial charge in [-0.25, -0.2) is 0 Å². The van der Waals surface area contributed by atoms with E-state index < -0.39 is 13.2 Å². The van der Waals surface area contributed by atoms with Crippen molar-refractivity contribution in [2.45, 2.75) is 32.0 Å². The fraction of sp³-hybridized carbons (Fsp3) is 0.238. The van der Waals surface area contributed by atoms with Gasteiger partial charge in [-0.3, -0.25) is 9.09 Å². The summed E-state index contributed by atoms with van der Waals surface area (Å²) in [6.07, 6.45) is 0.613. The molecular weight excluding hydrogens is 331 g/mol. The molecule has 0 aliphatic carbocycles. The molecule has 0 fully saturated rings. The van der Waals surface area contributed by atoms with Crippen molar-refractivity contribution < 1.29 is 14.0 Å². The van der Waals surface area contributed by atoms with E-state index in [1.165, 1.54) is 0 Å². The van der Waals surface area contributed by atoms with E-state index in [0.29, 0.717) is 6.42 Å². The third-order valence-electron chi connectivity index (χ3n) is 4.60. The first-order valence-electron chi connectivity index (χ1n) is 8.48. The molecule has 3 rings (SSSR count). The number of rotatable bonds is 6. The third kappa shape index (κ3) is 4.19. The molecule has 0 heterocycles. The highest BCUT2D eigenvalue weighted by Gasteiger charge is 2.34. The molecule has 130 valence electrons. The van der Waals surface area contributed by atoms with Gasteiger partial charge in [0.25, 0.3) is 0 Å². The lowest BCUT2D eigenvalue weighted by atomic mass is 9.91. The Morgan fingerprint density at radius 3 is 2.28 bits per heavy atom. The second kappa shape index (κ2) is 7.13. The minimum absolute atomic E-state index is 0.0109. The predicted molar refractivity (Wildman–Crippen MR) is 103 cm³/mol. The van der Waals surface area contributed by atoms with Crippen LogP contribution in [0.4, 0.5) is 0 Å². The average Bonchev–Trinajstić information content (AvgIpc) is 2.61. The molecule has 0 aliphatic heterocycles. The van der Waals surface area contributed by atoms with Crippen LogP contribution in [0.25, 0.3) is 10.8 Å². The van der Waals surface area contributed by atoms with Crippen molar-refractivity contribution in [3.63, 3.8) is 0 Å². The summed E-state index contributed by atoms with van der Waals surface area (Å²) in [6.45, 7) is 3.85. The van der Waals surface area contributed by atoms with Gasteiger partial charge in [0.15, 0.2) is 0 Å². The first-order valence-corrected chi connectivity index (χ1v) is 10.2. The van der Waals surface area contributed by atoms with Crippen molar-refractivity contribution in [1.29, 1.82) is 0 Å². The van der Waals surface area contributed by atoms with Crippen LogP contribution in [0.2, 0.25) is 0 Å². The molecule has 0 bridgehead atoms. The van der Waals surface area contributed by atoms with Crippen molar-refractivity contribution in [2.75, 3.05) is 0 Å². The highest BCUT2D eigenvalue weighted by atomic mass is 31.2. The molecule has 25 heavy (non-hydrogen) atoms. The minimum Gasteiger partial charge on any atom is -0.324 e. The van der Waals surface area contributed by atoms with Crippen LogP contribution >= 0.6 is 7.60 Å². The number of benzene rings is 3. The van der Waals surface area contributed by atoms with Gasteiger partial charge in [-0.15, -0.1) is 0 Å². The zero-order valence-electron chi connectivity index (χ0n) is 14.6. The lowest BCUT2D eigenvalue weighted by molar-refractivity contribution is 0.0671. The number of hydrogen-bond donors (Lipinski definition) is 1. The average molecular weight is 354 g/mol.